The number of imide groups is 1. The normalized spacial score (nSPS) is 24.9. The summed E-state index contributed by atoms with van der Waals surface area (Å²) in [6, 6.07) is 0.607. The van der Waals surface area contributed by atoms with E-state index in [1.807, 2.05) is 5.32 Å². The van der Waals surface area contributed by atoms with E-state index in [1.165, 1.54) is 0 Å². The first kappa shape index (κ1) is 10.6. The molecule has 3 N–H and O–H groups in total. The molecule has 92 valence electrons. The predicted octanol–water partition coefficient (Wildman–Crippen LogP) is -0.0484. The van der Waals surface area contributed by atoms with Crippen LogP contribution in [0.4, 0.5) is 19.3 Å². The van der Waals surface area contributed by atoms with Crippen LogP contribution in [0.5, 0.6) is 0 Å². The zero-order chi connectivity index (χ0) is 13.1. The summed E-state index contributed by atoms with van der Waals surface area (Å²) >= 11 is 0. The van der Waals surface area contributed by atoms with Crippen LogP contribution in [0.15, 0.2) is 12.1 Å². The Balaban J connectivity index is 2.27. The van der Waals surface area contributed by atoms with Crippen molar-refractivity contribution in [3.8, 4) is 0 Å². The molecule has 1 aromatic carbocycles. The fourth-order valence-electron chi connectivity index (χ4n) is 2.10. The van der Waals surface area contributed by atoms with E-state index in [2.05, 4.69) is 10.6 Å². The first-order valence-electron chi connectivity index (χ1n) is 4.90. The minimum absolute atomic E-state index is 0.0451. The number of rotatable bonds is 0. The standard InChI is InChI=1S/C10H5F2N3O3/c11-4-1-3-6(2-5(4)12)13-7(16)10(3)8(17)14-9(18)15-10/h1-2H,(H,13,16)(H2,14,15,17,18). The third-order valence-corrected chi connectivity index (χ3v) is 2.92. The molecule has 4 amide bonds. The Bertz CT molecular complexity index is 631. The second-order valence-corrected chi connectivity index (χ2v) is 3.92. The summed E-state index contributed by atoms with van der Waals surface area (Å²) < 4.78 is 26.2. The number of carbonyl (C=O) groups excluding carboxylic acids is 3. The highest BCUT2D eigenvalue weighted by Crippen LogP contribution is 2.38. The van der Waals surface area contributed by atoms with Gasteiger partial charge < -0.3 is 10.6 Å². The van der Waals surface area contributed by atoms with Gasteiger partial charge >= 0.3 is 6.03 Å². The van der Waals surface area contributed by atoms with Crippen molar-refractivity contribution in [3.63, 3.8) is 0 Å². The Labute approximate surface area is 98.3 Å². The van der Waals surface area contributed by atoms with Crippen molar-refractivity contribution in [3.05, 3.63) is 29.3 Å². The molecule has 1 spiro atoms. The van der Waals surface area contributed by atoms with Crippen LogP contribution in [0.25, 0.3) is 0 Å². The summed E-state index contributed by atoms with van der Waals surface area (Å²) in [5.41, 5.74) is -2.17. The van der Waals surface area contributed by atoms with Crippen molar-refractivity contribution < 1.29 is 23.2 Å². The van der Waals surface area contributed by atoms with Crippen LogP contribution in [0.3, 0.4) is 0 Å². The summed E-state index contributed by atoms with van der Waals surface area (Å²) in [6.45, 7) is 0. The van der Waals surface area contributed by atoms with E-state index in [0.29, 0.717) is 6.07 Å². The topological polar surface area (TPSA) is 87.3 Å². The van der Waals surface area contributed by atoms with Gasteiger partial charge in [0.05, 0.1) is 5.69 Å². The lowest BCUT2D eigenvalue weighted by molar-refractivity contribution is -0.132. The van der Waals surface area contributed by atoms with Gasteiger partial charge in [-0.1, -0.05) is 0 Å². The highest BCUT2D eigenvalue weighted by molar-refractivity contribution is 6.26. The summed E-state index contributed by atoms with van der Waals surface area (Å²) in [6.07, 6.45) is 0. The molecule has 0 radical (unpaired) electrons. The van der Waals surface area contributed by atoms with Gasteiger partial charge in [-0.25, -0.2) is 13.6 Å². The molecule has 0 bridgehead atoms. The Morgan fingerprint density at radius 2 is 1.56 bits per heavy atom. The number of halogens is 2. The van der Waals surface area contributed by atoms with E-state index < -0.39 is 35.0 Å². The van der Waals surface area contributed by atoms with Crippen molar-refractivity contribution in [2.24, 2.45) is 0 Å². The monoisotopic (exact) mass is 253 g/mol. The molecule has 1 aromatic rings. The number of benzene rings is 1. The number of nitrogens with one attached hydrogen (secondary N) is 3. The Morgan fingerprint density at radius 1 is 0.944 bits per heavy atom. The molecule has 0 aromatic heterocycles. The van der Waals surface area contributed by atoms with E-state index in [0.717, 1.165) is 6.07 Å². The summed E-state index contributed by atoms with van der Waals surface area (Å²) in [5.74, 6) is -4.14. The van der Waals surface area contributed by atoms with Gasteiger partial charge in [0.15, 0.2) is 11.6 Å². The number of anilines is 1. The van der Waals surface area contributed by atoms with Gasteiger partial charge in [0.2, 0.25) is 5.54 Å². The molecular weight excluding hydrogens is 248 g/mol. The Hall–Kier alpha value is -2.51. The summed E-state index contributed by atoms with van der Waals surface area (Å²) in [7, 11) is 0. The number of fused-ring (bicyclic) bond motifs is 2. The van der Waals surface area contributed by atoms with Crippen molar-refractivity contribution in [1.82, 2.24) is 10.6 Å². The van der Waals surface area contributed by atoms with Crippen LogP contribution in [-0.2, 0) is 15.1 Å². The molecule has 2 aliphatic heterocycles. The molecular formula is C10H5F2N3O3. The first-order valence-corrected chi connectivity index (χ1v) is 4.90. The van der Waals surface area contributed by atoms with Gasteiger partial charge in [-0.3, -0.25) is 14.9 Å². The highest BCUT2D eigenvalue weighted by atomic mass is 19.2. The molecule has 0 aliphatic carbocycles. The van der Waals surface area contributed by atoms with Crippen LogP contribution < -0.4 is 16.0 Å². The number of hydrogen-bond acceptors (Lipinski definition) is 3. The minimum Gasteiger partial charge on any atom is -0.323 e. The zero-order valence-corrected chi connectivity index (χ0v) is 8.64. The fourth-order valence-corrected chi connectivity index (χ4v) is 2.10. The number of carbonyl (C=O) groups is 3. The molecule has 8 heteroatoms. The molecule has 3 rings (SSSR count). The third-order valence-electron chi connectivity index (χ3n) is 2.92. The number of amides is 4. The van der Waals surface area contributed by atoms with Gasteiger partial charge in [0.1, 0.15) is 0 Å². The van der Waals surface area contributed by atoms with Gasteiger partial charge in [-0.15, -0.1) is 0 Å². The smallest absolute Gasteiger partial charge is 0.323 e. The average Bonchev–Trinajstić information content (AvgIpc) is 2.71. The van der Waals surface area contributed by atoms with Crippen LogP contribution >= 0.6 is 0 Å². The lowest BCUT2D eigenvalue weighted by Crippen LogP contribution is -2.49. The third kappa shape index (κ3) is 1.06. The Morgan fingerprint density at radius 3 is 2.17 bits per heavy atom. The molecule has 1 fully saturated rings. The summed E-state index contributed by atoms with van der Waals surface area (Å²) in [5, 5.41) is 6.25. The van der Waals surface area contributed by atoms with E-state index in [1.54, 1.807) is 0 Å². The lowest BCUT2D eigenvalue weighted by atomic mass is 9.91. The van der Waals surface area contributed by atoms with E-state index in [-0.39, 0.29) is 11.3 Å². The lowest BCUT2D eigenvalue weighted by Gasteiger charge is -2.17. The van der Waals surface area contributed by atoms with Gasteiger partial charge in [0, 0.05) is 11.6 Å². The van der Waals surface area contributed by atoms with Gasteiger partial charge in [-0.2, -0.15) is 0 Å². The van der Waals surface area contributed by atoms with Gasteiger partial charge in [-0.05, 0) is 6.07 Å². The maximum Gasteiger partial charge on any atom is 0.323 e. The van der Waals surface area contributed by atoms with Crippen LogP contribution in [0, 0.1) is 11.6 Å². The predicted molar refractivity (Wildman–Crippen MR) is 53.3 cm³/mol. The van der Waals surface area contributed by atoms with Crippen LogP contribution in [-0.4, -0.2) is 17.8 Å². The highest BCUT2D eigenvalue weighted by Gasteiger charge is 2.58. The molecule has 2 heterocycles. The fraction of sp³-hybridized carbons (Fsp3) is 0.100. The van der Waals surface area contributed by atoms with E-state index in [4.69, 9.17) is 0 Å². The maximum absolute atomic E-state index is 13.2. The molecule has 1 saturated heterocycles. The zero-order valence-electron chi connectivity index (χ0n) is 8.64. The maximum atomic E-state index is 13.2. The van der Waals surface area contributed by atoms with Crippen LogP contribution in [0.2, 0.25) is 0 Å². The Kier molecular flexibility index (Phi) is 1.79. The average molecular weight is 253 g/mol. The van der Waals surface area contributed by atoms with E-state index in [9.17, 15) is 23.2 Å². The largest absolute Gasteiger partial charge is 0.323 e. The summed E-state index contributed by atoms with van der Waals surface area (Å²) in [4.78, 5) is 34.6. The molecule has 6 nitrogen and oxygen atoms in total. The quantitative estimate of drug-likeness (QED) is 0.447. The van der Waals surface area contributed by atoms with Crippen LogP contribution in [0.1, 0.15) is 5.56 Å². The van der Waals surface area contributed by atoms with Crippen molar-refractivity contribution in [2.45, 2.75) is 5.54 Å². The minimum atomic E-state index is -2.01. The molecule has 1 atom stereocenters. The second kappa shape index (κ2) is 3.03. The molecule has 1 unspecified atom stereocenters. The van der Waals surface area contributed by atoms with Crippen molar-refractivity contribution >= 4 is 23.5 Å². The number of urea groups is 1. The molecule has 0 saturated carbocycles. The molecule has 2 aliphatic rings. The van der Waals surface area contributed by atoms with Crippen molar-refractivity contribution in [1.29, 1.82) is 0 Å². The molecule has 18 heavy (non-hydrogen) atoms. The van der Waals surface area contributed by atoms with E-state index >= 15 is 0 Å². The number of hydrogen-bond donors (Lipinski definition) is 3. The van der Waals surface area contributed by atoms with Gasteiger partial charge in [0.25, 0.3) is 11.8 Å². The SMILES string of the molecule is O=C1NC(=O)C2(N1)C(=O)Nc1cc(F)c(F)cc12. The van der Waals surface area contributed by atoms with Crippen molar-refractivity contribution in [2.75, 3.05) is 5.32 Å². The first-order chi connectivity index (χ1) is 8.45. The second-order valence-electron chi connectivity index (χ2n) is 3.92.